The van der Waals surface area contributed by atoms with Gasteiger partial charge in [-0.3, -0.25) is 19.2 Å². The minimum absolute atomic E-state index is 0.00891. The van der Waals surface area contributed by atoms with Crippen LogP contribution in [-0.4, -0.2) is 59.4 Å². The summed E-state index contributed by atoms with van der Waals surface area (Å²) in [6.45, 7) is 0.765. The molecule has 4 amide bonds. The second-order valence-electron chi connectivity index (χ2n) is 4.31. The molecule has 0 bridgehead atoms. The van der Waals surface area contributed by atoms with Gasteiger partial charge in [0, 0.05) is 5.75 Å². The summed E-state index contributed by atoms with van der Waals surface area (Å²) in [4.78, 5) is 44.8. The molecular formula is C11H20N4O5S. The highest BCUT2D eigenvalue weighted by atomic mass is 32.2. The number of carbonyl (C=O) groups excluding carboxylic acids is 4. The van der Waals surface area contributed by atoms with Gasteiger partial charge >= 0.3 is 0 Å². The van der Waals surface area contributed by atoms with Crippen LogP contribution >= 0.6 is 11.8 Å². The monoisotopic (exact) mass is 320 g/mol. The van der Waals surface area contributed by atoms with Crippen molar-refractivity contribution in [3.05, 3.63) is 0 Å². The first-order valence-corrected chi connectivity index (χ1v) is 7.26. The number of aliphatic hydroxyl groups excluding tert-OH is 1. The molecular weight excluding hydrogens is 300 g/mol. The molecule has 120 valence electrons. The van der Waals surface area contributed by atoms with Crippen LogP contribution in [-0.2, 0) is 19.2 Å². The minimum atomic E-state index is -0.963. The van der Waals surface area contributed by atoms with E-state index in [9.17, 15) is 19.2 Å². The Morgan fingerprint density at radius 2 is 1.76 bits per heavy atom. The highest BCUT2D eigenvalue weighted by Crippen LogP contribution is 2.04. The van der Waals surface area contributed by atoms with Crippen LogP contribution in [0.5, 0.6) is 0 Å². The van der Waals surface area contributed by atoms with Crippen LogP contribution in [0.2, 0.25) is 0 Å². The molecule has 0 radical (unpaired) electrons. The van der Waals surface area contributed by atoms with Gasteiger partial charge in [-0.1, -0.05) is 6.92 Å². The molecule has 10 heteroatoms. The van der Waals surface area contributed by atoms with Gasteiger partial charge in [0.2, 0.25) is 23.6 Å². The van der Waals surface area contributed by atoms with Crippen molar-refractivity contribution in [2.24, 2.45) is 17.4 Å². The molecule has 0 rings (SSSR count). The van der Waals surface area contributed by atoms with E-state index in [4.69, 9.17) is 16.6 Å². The molecule has 0 aliphatic heterocycles. The van der Waals surface area contributed by atoms with Crippen LogP contribution in [0, 0.1) is 5.92 Å². The number of aliphatic hydroxyl groups is 1. The van der Waals surface area contributed by atoms with Gasteiger partial charge in [0.25, 0.3) is 0 Å². The fourth-order valence-corrected chi connectivity index (χ4v) is 1.94. The second-order valence-corrected chi connectivity index (χ2v) is 5.34. The van der Waals surface area contributed by atoms with E-state index in [-0.39, 0.29) is 24.7 Å². The zero-order valence-corrected chi connectivity index (χ0v) is 12.4. The van der Waals surface area contributed by atoms with Crippen molar-refractivity contribution in [2.45, 2.75) is 13.0 Å². The van der Waals surface area contributed by atoms with Gasteiger partial charge in [-0.15, -0.1) is 11.8 Å². The number of carbonyl (C=O) groups is 4. The number of thioether (sulfide) groups is 1. The van der Waals surface area contributed by atoms with Gasteiger partial charge in [-0.25, -0.2) is 0 Å². The molecule has 0 aliphatic carbocycles. The Balaban J connectivity index is 4.58. The molecule has 21 heavy (non-hydrogen) atoms. The predicted octanol–water partition coefficient (Wildman–Crippen LogP) is -3.08. The largest absolute Gasteiger partial charge is 0.396 e. The summed E-state index contributed by atoms with van der Waals surface area (Å²) < 4.78 is 0. The lowest BCUT2D eigenvalue weighted by Gasteiger charge is -2.19. The van der Waals surface area contributed by atoms with Gasteiger partial charge in [0.05, 0.1) is 24.8 Å². The molecule has 0 spiro atoms. The number of hydrogen-bond donors (Lipinski definition) is 5. The van der Waals surface area contributed by atoms with Crippen LogP contribution in [0.25, 0.3) is 0 Å². The van der Waals surface area contributed by atoms with Crippen molar-refractivity contribution >= 4 is 35.4 Å². The number of rotatable bonds is 10. The van der Waals surface area contributed by atoms with Gasteiger partial charge in [0.1, 0.15) is 6.04 Å². The first-order chi connectivity index (χ1) is 9.77. The zero-order valence-electron chi connectivity index (χ0n) is 11.6. The third-order valence-electron chi connectivity index (χ3n) is 2.32. The summed E-state index contributed by atoms with van der Waals surface area (Å²) in [5, 5.41) is 13.6. The second kappa shape index (κ2) is 10.00. The van der Waals surface area contributed by atoms with Crippen molar-refractivity contribution in [3.63, 3.8) is 0 Å². The van der Waals surface area contributed by atoms with Crippen molar-refractivity contribution in [1.82, 2.24) is 10.6 Å². The zero-order chi connectivity index (χ0) is 16.4. The first kappa shape index (κ1) is 19.2. The molecule has 0 heterocycles. The molecule has 2 atom stereocenters. The summed E-state index contributed by atoms with van der Waals surface area (Å²) in [6, 6.07) is -0.963. The van der Waals surface area contributed by atoms with Crippen LogP contribution in [0.1, 0.15) is 6.92 Å². The Morgan fingerprint density at radius 3 is 2.24 bits per heavy atom. The molecule has 0 fully saturated rings. The predicted molar refractivity (Wildman–Crippen MR) is 76.9 cm³/mol. The van der Waals surface area contributed by atoms with Crippen molar-refractivity contribution in [1.29, 1.82) is 0 Å². The lowest BCUT2D eigenvalue weighted by molar-refractivity contribution is -0.131. The third kappa shape index (κ3) is 8.87. The topological polar surface area (TPSA) is 165 Å². The van der Waals surface area contributed by atoms with E-state index in [2.05, 4.69) is 10.6 Å². The van der Waals surface area contributed by atoms with Crippen molar-refractivity contribution < 1.29 is 24.3 Å². The van der Waals surface area contributed by atoms with Gasteiger partial charge < -0.3 is 27.2 Å². The maximum absolute atomic E-state index is 11.8. The Kier molecular flexibility index (Phi) is 9.13. The summed E-state index contributed by atoms with van der Waals surface area (Å²) >= 11 is 1.06. The van der Waals surface area contributed by atoms with E-state index >= 15 is 0 Å². The van der Waals surface area contributed by atoms with Crippen molar-refractivity contribution in [3.8, 4) is 0 Å². The normalized spacial score (nSPS) is 13.0. The molecule has 0 saturated heterocycles. The summed E-state index contributed by atoms with van der Waals surface area (Å²) in [5.74, 6) is -2.99. The molecule has 9 nitrogen and oxygen atoms in total. The smallest absolute Gasteiger partial charge is 0.243 e. The quantitative estimate of drug-likeness (QED) is 0.286. The average Bonchev–Trinajstić information content (AvgIpc) is 2.41. The fourth-order valence-electron chi connectivity index (χ4n) is 1.15. The van der Waals surface area contributed by atoms with Crippen LogP contribution in [0.4, 0.5) is 0 Å². The summed E-state index contributed by atoms with van der Waals surface area (Å²) in [6.07, 6.45) is 0. The average molecular weight is 320 g/mol. The maximum atomic E-state index is 11.8. The number of amides is 4. The van der Waals surface area contributed by atoms with E-state index in [1.165, 1.54) is 6.92 Å². The van der Waals surface area contributed by atoms with E-state index < -0.39 is 35.6 Å². The number of hydrogen-bond acceptors (Lipinski definition) is 6. The van der Waals surface area contributed by atoms with E-state index in [0.29, 0.717) is 0 Å². The maximum Gasteiger partial charge on any atom is 0.243 e. The van der Waals surface area contributed by atoms with Crippen LogP contribution in [0.3, 0.4) is 0 Å². The standard InChI is InChI=1S/C11H20N4O5S/c1-6(3-16)10(19)15-7(4-21-5-9(13)18)11(20)14-2-8(12)17/h6-7,16H,2-5H2,1H3,(H2,12,17)(H2,13,18)(H,14,20)(H,15,19)/t6-,7-/m0/s1. The number of nitrogens with one attached hydrogen (secondary N) is 2. The van der Waals surface area contributed by atoms with E-state index in [1.54, 1.807) is 0 Å². The van der Waals surface area contributed by atoms with E-state index in [0.717, 1.165) is 11.8 Å². The highest BCUT2D eigenvalue weighted by molar-refractivity contribution is 8.00. The molecule has 0 aromatic carbocycles. The lowest BCUT2D eigenvalue weighted by Crippen LogP contribution is -2.51. The fraction of sp³-hybridized carbons (Fsp3) is 0.636. The van der Waals surface area contributed by atoms with Gasteiger partial charge in [0.15, 0.2) is 0 Å². The Bertz CT molecular complexity index is 404. The van der Waals surface area contributed by atoms with Crippen LogP contribution < -0.4 is 22.1 Å². The highest BCUT2D eigenvalue weighted by Gasteiger charge is 2.23. The Morgan fingerprint density at radius 1 is 1.14 bits per heavy atom. The summed E-state index contributed by atoms with van der Waals surface area (Å²) in [7, 11) is 0. The Hall–Kier alpha value is -1.81. The molecule has 0 saturated carbocycles. The number of primary amides is 2. The molecule has 0 aliphatic rings. The lowest BCUT2D eigenvalue weighted by atomic mass is 10.1. The Labute approximate surface area is 126 Å². The summed E-state index contributed by atoms with van der Waals surface area (Å²) in [5.41, 5.74) is 9.89. The third-order valence-corrected chi connectivity index (χ3v) is 3.38. The number of nitrogens with two attached hydrogens (primary N) is 2. The van der Waals surface area contributed by atoms with Crippen molar-refractivity contribution in [2.75, 3.05) is 24.7 Å². The minimum Gasteiger partial charge on any atom is -0.396 e. The molecule has 0 unspecified atom stereocenters. The van der Waals surface area contributed by atoms with Crippen LogP contribution in [0.15, 0.2) is 0 Å². The van der Waals surface area contributed by atoms with Gasteiger partial charge in [-0.05, 0) is 0 Å². The molecule has 0 aromatic rings. The van der Waals surface area contributed by atoms with Gasteiger partial charge in [-0.2, -0.15) is 0 Å². The molecule has 0 aromatic heterocycles. The van der Waals surface area contributed by atoms with E-state index in [1.807, 2.05) is 0 Å². The molecule has 7 N–H and O–H groups in total. The first-order valence-electron chi connectivity index (χ1n) is 6.11. The SMILES string of the molecule is C[C@@H](CO)C(=O)N[C@@H](CSCC(N)=O)C(=O)NCC(N)=O.